The van der Waals surface area contributed by atoms with Crippen molar-refractivity contribution in [3.05, 3.63) is 212 Å². The Balaban J connectivity index is 1.06. The van der Waals surface area contributed by atoms with Gasteiger partial charge in [0.1, 0.15) is 0 Å². The van der Waals surface area contributed by atoms with E-state index in [1.54, 1.807) is 0 Å². The highest BCUT2D eigenvalue weighted by molar-refractivity contribution is 6.33. The van der Waals surface area contributed by atoms with Gasteiger partial charge in [0.15, 0.2) is 5.82 Å². The molecule has 0 unspecified atom stereocenters. The molecule has 0 aliphatic heterocycles. The van der Waals surface area contributed by atoms with E-state index in [1.807, 2.05) is 0 Å². The van der Waals surface area contributed by atoms with E-state index < -0.39 is 0 Å². The number of benzene rings is 11. The van der Waals surface area contributed by atoms with E-state index in [2.05, 4.69) is 212 Å². The minimum atomic E-state index is 0.673. The van der Waals surface area contributed by atoms with E-state index in [-0.39, 0.29) is 0 Å². The Hall–Kier alpha value is -8.27. The number of hydrogen-bond donors (Lipinski definition) is 0. The number of para-hydroxylation sites is 1. The number of rotatable bonds is 4. The minimum absolute atomic E-state index is 0.673. The van der Waals surface area contributed by atoms with Crippen molar-refractivity contribution < 1.29 is 0 Å². The molecular formula is C59H35N3. The van der Waals surface area contributed by atoms with Crippen LogP contribution in [0.3, 0.4) is 0 Å². The summed E-state index contributed by atoms with van der Waals surface area (Å²) in [5.74, 6) is 0.673. The lowest BCUT2D eigenvalue weighted by Gasteiger charge is -2.17. The average Bonchev–Trinajstić information content (AvgIpc) is 3.35. The molecule has 0 radical (unpaired) electrons. The molecule has 0 N–H and O–H groups in total. The van der Waals surface area contributed by atoms with Crippen molar-refractivity contribution in [2.75, 3.05) is 0 Å². The maximum absolute atomic E-state index is 5.44. The zero-order valence-corrected chi connectivity index (χ0v) is 33.5. The van der Waals surface area contributed by atoms with Gasteiger partial charge in [0.05, 0.1) is 22.6 Å². The van der Waals surface area contributed by atoms with Crippen LogP contribution in [0.4, 0.5) is 0 Å². The van der Waals surface area contributed by atoms with Gasteiger partial charge in [-0.1, -0.05) is 188 Å². The third-order valence-corrected chi connectivity index (χ3v) is 12.8. The maximum Gasteiger partial charge on any atom is 0.160 e. The molecule has 3 heteroatoms. The normalized spacial score (nSPS) is 11.9. The Morgan fingerprint density at radius 2 is 0.645 bits per heavy atom. The van der Waals surface area contributed by atoms with Crippen LogP contribution in [-0.4, -0.2) is 15.0 Å². The Morgan fingerprint density at radius 1 is 0.258 bits per heavy atom. The second kappa shape index (κ2) is 13.6. The average molecular weight is 786 g/mol. The van der Waals surface area contributed by atoms with E-state index in [9.17, 15) is 0 Å². The van der Waals surface area contributed by atoms with Crippen molar-refractivity contribution in [1.82, 2.24) is 15.0 Å². The molecular weight excluding hydrogens is 751 g/mol. The molecule has 0 amide bonds. The van der Waals surface area contributed by atoms with Crippen LogP contribution in [0.5, 0.6) is 0 Å². The van der Waals surface area contributed by atoms with Gasteiger partial charge in [0, 0.05) is 38.4 Å². The fraction of sp³-hybridized carbons (Fsp3) is 0. The lowest BCUT2D eigenvalue weighted by atomic mass is 9.90. The fourth-order valence-corrected chi connectivity index (χ4v) is 10.00. The maximum atomic E-state index is 5.44. The summed E-state index contributed by atoms with van der Waals surface area (Å²) in [5, 5.41) is 18.0. The first-order chi connectivity index (χ1) is 30.7. The van der Waals surface area contributed by atoms with Crippen LogP contribution in [-0.2, 0) is 0 Å². The largest absolute Gasteiger partial charge is 0.247 e. The van der Waals surface area contributed by atoms with E-state index in [0.717, 1.165) is 66.4 Å². The number of nitrogens with zero attached hydrogens (tertiary/aromatic N) is 3. The van der Waals surface area contributed by atoms with Crippen LogP contribution in [0.15, 0.2) is 212 Å². The van der Waals surface area contributed by atoms with Crippen LogP contribution in [0, 0.1) is 0 Å². The van der Waals surface area contributed by atoms with Crippen LogP contribution >= 0.6 is 0 Å². The summed E-state index contributed by atoms with van der Waals surface area (Å²) in [6.45, 7) is 0. The molecule has 0 fully saturated rings. The van der Waals surface area contributed by atoms with Gasteiger partial charge in [0.25, 0.3) is 0 Å². The van der Waals surface area contributed by atoms with Gasteiger partial charge in [-0.15, -0.1) is 0 Å². The molecule has 13 aromatic rings. The topological polar surface area (TPSA) is 38.7 Å². The lowest BCUT2D eigenvalue weighted by molar-refractivity contribution is 1.19. The molecule has 62 heavy (non-hydrogen) atoms. The third kappa shape index (κ3) is 5.28. The molecule has 11 aromatic carbocycles. The van der Waals surface area contributed by atoms with E-state index in [1.165, 1.54) is 59.2 Å². The molecule has 0 aliphatic rings. The highest BCUT2D eigenvalue weighted by atomic mass is 14.9. The molecule has 0 saturated heterocycles. The summed E-state index contributed by atoms with van der Waals surface area (Å²) in [7, 11) is 0. The lowest BCUT2D eigenvalue weighted by Crippen LogP contribution is -1.98. The smallest absolute Gasteiger partial charge is 0.160 e. The van der Waals surface area contributed by atoms with Gasteiger partial charge in [-0.3, -0.25) is 0 Å². The van der Waals surface area contributed by atoms with Crippen molar-refractivity contribution in [1.29, 1.82) is 0 Å². The van der Waals surface area contributed by atoms with Crippen LogP contribution in [0.25, 0.3) is 131 Å². The molecule has 3 nitrogen and oxygen atoms in total. The predicted molar refractivity (Wildman–Crippen MR) is 262 cm³/mol. The molecule has 0 bridgehead atoms. The molecule has 0 spiro atoms. The number of pyridine rings is 1. The van der Waals surface area contributed by atoms with E-state index >= 15 is 0 Å². The molecule has 2 heterocycles. The fourth-order valence-electron chi connectivity index (χ4n) is 10.00. The van der Waals surface area contributed by atoms with Gasteiger partial charge in [0.2, 0.25) is 0 Å². The standard InChI is InChI=1S/C59H35N3/c1-3-17-40-38(15-1)33-51(46-23-7-5-19-42(40)46)54-35-55(52-34-39-16-2-4-18-41(39)43-20-6-8-24-47(43)52)62-59(61-54)37-31-29-36(30-32-37)58-57-49-26-12-10-22-45(49)44-21-9-11-25-48(44)56(57)50-27-13-14-28-53(50)60-58/h1-35H. The van der Waals surface area contributed by atoms with Gasteiger partial charge >= 0.3 is 0 Å². The summed E-state index contributed by atoms with van der Waals surface area (Å²) >= 11 is 0. The van der Waals surface area contributed by atoms with Crippen molar-refractivity contribution >= 4 is 86.3 Å². The zero-order valence-electron chi connectivity index (χ0n) is 33.5. The third-order valence-electron chi connectivity index (χ3n) is 12.8. The first-order valence-electron chi connectivity index (χ1n) is 21.2. The second-order valence-electron chi connectivity index (χ2n) is 16.2. The van der Waals surface area contributed by atoms with Crippen LogP contribution < -0.4 is 0 Å². The van der Waals surface area contributed by atoms with Gasteiger partial charge in [-0.05, 0) is 88.9 Å². The van der Waals surface area contributed by atoms with Crippen molar-refractivity contribution in [3.8, 4) is 45.2 Å². The van der Waals surface area contributed by atoms with Gasteiger partial charge in [-0.2, -0.15) is 0 Å². The summed E-state index contributed by atoms with van der Waals surface area (Å²) in [5.41, 5.74) is 7.85. The number of hydrogen-bond acceptors (Lipinski definition) is 3. The molecule has 13 rings (SSSR count). The summed E-state index contributed by atoms with van der Waals surface area (Å²) in [4.78, 5) is 16.3. The number of aromatic nitrogens is 3. The van der Waals surface area contributed by atoms with E-state index in [4.69, 9.17) is 15.0 Å². The van der Waals surface area contributed by atoms with Crippen molar-refractivity contribution in [2.45, 2.75) is 0 Å². The Labute approximate surface area is 357 Å². The summed E-state index contributed by atoms with van der Waals surface area (Å²) in [6, 6.07) is 76.2. The highest BCUT2D eigenvalue weighted by Gasteiger charge is 2.20. The Kier molecular flexibility index (Phi) is 7.60. The molecule has 286 valence electrons. The van der Waals surface area contributed by atoms with Crippen LogP contribution in [0.2, 0.25) is 0 Å². The molecule has 0 atom stereocenters. The molecule has 2 aromatic heterocycles. The summed E-state index contributed by atoms with van der Waals surface area (Å²) < 4.78 is 0. The minimum Gasteiger partial charge on any atom is -0.247 e. The Morgan fingerprint density at radius 3 is 1.18 bits per heavy atom. The van der Waals surface area contributed by atoms with Gasteiger partial charge < -0.3 is 0 Å². The summed E-state index contributed by atoms with van der Waals surface area (Å²) in [6.07, 6.45) is 0. The van der Waals surface area contributed by atoms with Crippen molar-refractivity contribution in [3.63, 3.8) is 0 Å². The molecule has 0 saturated carbocycles. The highest BCUT2D eigenvalue weighted by Crippen LogP contribution is 2.44. The monoisotopic (exact) mass is 785 g/mol. The molecule has 0 aliphatic carbocycles. The quantitative estimate of drug-likeness (QED) is 0.167. The van der Waals surface area contributed by atoms with E-state index in [0.29, 0.717) is 5.82 Å². The SMILES string of the molecule is c1ccc2c(c1)cc(-c1cc(-c3cc4ccccc4c4ccccc34)nc(-c3ccc(-c4nc5ccccc5c5c6ccccc6c6ccccc6c45)cc3)n1)c1ccccc12. The Bertz CT molecular complexity index is 3840. The van der Waals surface area contributed by atoms with Crippen LogP contribution in [0.1, 0.15) is 0 Å². The predicted octanol–water partition coefficient (Wildman–Crippen LogP) is 15.8. The first kappa shape index (κ1) is 34.6. The second-order valence-corrected chi connectivity index (χ2v) is 16.2. The van der Waals surface area contributed by atoms with Crippen molar-refractivity contribution in [2.24, 2.45) is 0 Å². The zero-order chi connectivity index (χ0) is 40.7. The first-order valence-corrected chi connectivity index (χ1v) is 21.2. The van der Waals surface area contributed by atoms with Gasteiger partial charge in [-0.25, -0.2) is 15.0 Å². The number of fused-ring (bicyclic) bond motifs is 14.